The van der Waals surface area contributed by atoms with Crippen molar-refractivity contribution in [2.45, 2.75) is 13.0 Å². The third-order valence-electron chi connectivity index (χ3n) is 3.10. The van der Waals surface area contributed by atoms with Crippen LogP contribution in [0, 0.1) is 5.82 Å². The summed E-state index contributed by atoms with van der Waals surface area (Å²) in [5.41, 5.74) is 0.582. The molecule has 0 amide bonds. The molecule has 0 aliphatic rings. The molecule has 2 aromatic heterocycles. The Morgan fingerprint density at radius 1 is 1.20 bits per heavy atom. The van der Waals surface area contributed by atoms with Gasteiger partial charge < -0.3 is 14.6 Å². The Bertz CT molecular complexity index is 823. The SMILES string of the molecule is O=C(CCNc1ncccn1)OCc1noc(-c2ccc(F)cc2)n1. The first-order valence-electron chi connectivity index (χ1n) is 7.46. The normalized spacial score (nSPS) is 10.4. The topological polar surface area (TPSA) is 103 Å². The van der Waals surface area contributed by atoms with Gasteiger partial charge in [0.15, 0.2) is 6.61 Å². The highest BCUT2D eigenvalue weighted by Crippen LogP contribution is 2.17. The number of nitrogens with one attached hydrogen (secondary N) is 1. The lowest BCUT2D eigenvalue weighted by Crippen LogP contribution is -2.13. The van der Waals surface area contributed by atoms with Crippen LogP contribution < -0.4 is 5.32 Å². The third kappa shape index (κ3) is 4.80. The molecule has 0 unspecified atom stereocenters. The van der Waals surface area contributed by atoms with Gasteiger partial charge in [0.2, 0.25) is 11.8 Å². The molecule has 0 spiro atoms. The van der Waals surface area contributed by atoms with Crippen molar-refractivity contribution in [1.29, 1.82) is 0 Å². The molecule has 1 aromatic carbocycles. The van der Waals surface area contributed by atoms with E-state index in [2.05, 4.69) is 25.4 Å². The van der Waals surface area contributed by atoms with Crippen molar-refractivity contribution in [3.8, 4) is 11.5 Å². The summed E-state index contributed by atoms with van der Waals surface area (Å²) < 4.78 is 23.0. The third-order valence-corrected chi connectivity index (χ3v) is 3.10. The summed E-state index contributed by atoms with van der Waals surface area (Å²) >= 11 is 0. The van der Waals surface area contributed by atoms with Crippen LogP contribution in [0.5, 0.6) is 0 Å². The van der Waals surface area contributed by atoms with Crippen molar-refractivity contribution in [2.75, 3.05) is 11.9 Å². The Morgan fingerprint density at radius 2 is 1.96 bits per heavy atom. The van der Waals surface area contributed by atoms with Crippen LogP contribution >= 0.6 is 0 Å². The quantitative estimate of drug-likeness (QED) is 0.651. The molecule has 0 bridgehead atoms. The van der Waals surface area contributed by atoms with Gasteiger partial charge in [-0.15, -0.1) is 0 Å². The molecule has 128 valence electrons. The summed E-state index contributed by atoms with van der Waals surface area (Å²) in [5.74, 6) is 0.127. The van der Waals surface area contributed by atoms with E-state index in [0.29, 0.717) is 18.1 Å². The van der Waals surface area contributed by atoms with Gasteiger partial charge in [-0.1, -0.05) is 5.16 Å². The fraction of sp³-hybridized carbons (Fsp3) is 0.188. The van der Waals surface area contributed by atoms with Crippen molar-refractivity contribution in [3.05, 3.63) is 54.4 Å². The van der Waals surface area contributed by atoms with Crippen molar-refractivity contribution in [3.63, 3.8) is 0 Å². The van der Waals surface area contributed by atoms with E-state index < -0.39 is 5.97 Å². The predicted octanol–water partition coefficient (Wildman–Crippen LogP) is 2.21. The summed E-state index contributed by atoms with van der Waals surface area (Å²) in [6, 6.07) is 7.34. The zero-order chi connectivity index (χ0) is 17.5. The molecule has 0 saturated carbocycles. The van der Waals surface area contributed by atoms with E-state index in [9.17, 15) is 9.18 Å². The van der Waals surface area contributed by atoms with Crippen molar-refractivity contribution >= 4 is 11.9 Å². The lowest BCUT2D eigenvalue weighted by Gasteiger charge is -2.04. The van der Waals surface area contributed by atoms with Gasteiger partial charge in [-0.05, 0) is 30.3 Å². The van der Waals surface area contributed by atoms with Gasteiger partial charge in [0, 0.05) is 24.5 Å². The lowest BCUT2D eigenvalue weighted by molar-refractivity contribution is -0.144. The maximum absolute atomic E-state index is 12.9. The molecule has 8 nitrogen and oxygen atoms in total. The van der Waals surface area contributed by atoms with E-state index in [1.54, 1.807) is 18.5 Å². The molecule has 0 fully saturated rings. The highest BCUT2D eigenvalue weighted by molar-refractivity contribution is 5.69. The van der Waals surface area contributed by atoms with Gasteiger partial charge >= 0.3 is 5.97 Å². The number of esters is 1. The largest absolute Gasteiger partial charge is 0.457 e. The average Bonchev–Trinajstić information content (AvgIpc) is 3.10. The number of rotatable bonds is 7. The predicted molar refractivity (Wildman–Crippen MR) is 84.6 cm³/mol. The number of hydrogen-bond donors (Lipinski definition) is 1. The number of aromatic nitrogens is 4. The molecule has 25 heavy (non-hydrogen) atoms. The Hall–Kier alpha value is -3.36. The number of nitrogens with zero attached hydrogens (tertiary/aromatic N) is 4. The number of carbonyl (C=O) groups excluding carboxylic acids is 1. The second-order valence-corrected chi connectivity index (χ2v) is 4.93. The molecule has 0 atom stereocenters. The van der Waals surface area contributed by atoms with Crippen molar-refractivity contribution in [1.82, 2.24) is 20.1 Å². The molecule has 3 aromatic rings. The minimum atomic E-state index is -0.420. The van der Waals surface area contributed by atoms with Crippen LogP contribution in [-0.2, 0) is 16.1 Å². The highest BCUT2D eigenvalue weighted by Gasteiger charge is 2.11. The molecule has 9 heteroatoms. The maximum Gasteiger partial charge on any atom is 0.308 e. The monoisotopic (exact) mass is 343 g/mol. The second kappa shape index (κ2) is 7.95. The average molecular weight is 343 g/mol. The standard InChI is InChI=1S/C16H14FN5O3/c17-12-4-2-11(3-5-12)15-21-13(22-25-15)10-24-14(23)6-9-20-16-18-7-1-8-19-16/h1-5,7-8H,6,9-10H2,(H,18,19,20). The van der Waals surface area contributed by atoms with Gasteiger partial charge in [0.1, 0.15) is 5.82 Å². The number of hydrogen-bond acceptors (Lipinski definition) is 8. The van der Waals surface area contributed by atoms with E-state index in [0.717, 1.165) is 0 Å². The first kappa shape index (κ1) is 16.5. The molecular weight excluding hydrogens is 329 g/mol. The van der Waals surface area contributed by atoms with E-state index >= 15 is 0 Å². The zero-order valence-corrected chi connectivity index (χ0v) is 13.1. The minimum Gasteiger partial charge on any atom is -0.457 e. The summed E-state index contributed by atoms with van der Waals surface area (Å²) in [6.45, 7) is 0.237. The summed E-state index contributed by atoms with van der Waals surface area (Å²) in [5, 5.41) is 6.62. The molecule has 0 aliphatic heterocycles. The van der Waals surface area contributed by atoms with Crippen LogP contribution in [0.3, 0.4) is 0 Å². The zero-order valence-electron chi connectivity index (χ0n) is 13.1. The molecule has 0 saturated heterocycles. The number of anilines is 1. The maximum atomic E-state index is 12.9. The number of halogens is 1. The lowest BCUT2D eigenvalue weighted by atomic mass is 10.2. The van der Waals surface area contributed by atoms with Crippen LogP contribution in [0.25, 0.3) is 11.5 Å². The molecule has 2 heterocycles. The molecule has 1 N–H and O–H groups in total. The van der Waals surface area contributed by atoms with E-state index in [4.69, 9.17) is 9.26 Å². The van der Waals surface area contributed by atoms with E-state index in [-0.39, 0.29) is 30.6 Å². The van der Waals surface area contributed by atoms with E-state index in [1.165, 1.54) is 24.3 Å². The summed E-state index contributed by atoms with van der Waals surface area (Å²) in [7, 11) is 0. The van der Waals surface area contributed by atoms with Gasteiger partial charge in [-0.2, -0.15) is 4.98 Å². The molecular formula is C16H14FN5O3. The molecule has 0 radical (unpaired) electrons. The Morgan fingerprint density at radius 3 is 2.72 bits per heavy atom. The van der Waals surface area contributed by atoms with Crippen molar-refractivity contribution in [2.24, 2.45) is 0 Å². The van der Waals surface area contributed by atoms with Gasteiger partial charge in [0.25, 0.3) is 5.89 Å². The van der Waals surface area contributed by atoms with Crippen LogP contribution in [0.2, 0.25) is 0 Å². The molecule has 0 aliphatic carbocycles. The Kier molecular flexibility index (Phi) is 5.25. The van der Waals surface area contributed by atoms with E-state index in [1.807, 2.05) is 0 Å². The minimum absolute atomic E-state index is 0.106. The summed E-state index contributed by atoms with van der Waals surface area (Å²) in [4.78, 5) is 23.7. The van der Waals surface area contributed by atoms with Gasteiger partial charge in [-0.3, -0.25) is 4.79 Å². The highest BCUT2D eigenvalue weighted by atomic mass is 19.1. The first-order valence-corrected chi connectivity index (χ1v) is 7.46. The van der Waals surface area contributed by atoms with Gasteiger partial charge in [0.05, 0.1) is 6.42 Å². The molecule has 3 rings (SSSR count). The summed E-state index contributed by atoms with van der Waals surface area (Å²) in [6.07, 6.45) is 3.34. The Labute approximate surface area is 142 Å². The fourth-order valence-electron chi connectivity index (χ4n) is 1.91. The van der Waals surface area contributed by atoms with Crippen LogP contribution in [-0.4, -0.2) is 32.6 Å². The van der Waals surface area contributed by atoms with Crippen LogP contribution in [0.1, 0.15) is 12.2 Å². The Balaban J connectivity index is 1.44. The smallest absolute Gasteiger partial charge is 0.308 e. The fourth-order valence-corrected chi connectivity index (χ4v) is 1.91. The second-order valence-electron chi connectivity index (χ2n) is 4.93. The van der Waals surface area contributed by atoms with Crippen molar-refractivity contribution < 1.29 is 18.4 Å². The van der Waals surface area contributed by atoms with Crippen LogP contribution in [0.15, 0.2) is 47.2 Å². The number of carbonyl (C=O) groups is 1. The van der Waals surface area contributed by atoms with Gasteiger partial charge in [-0.25, -0.2) is 14.4 Å². The van der Waals surface area contributed by atoms with Crippen LogP contribution in [0.4, 0.5) is 10.3 Å². The number of benzene rings is 1. The first-order chi connectivity index (χ1) is 12.2. The number of ether oxygens (including phenoxy) is 1.